The number of allylic oxidation sites excluding steroid dienone is 1. The van der Waals surface area contributed by atoms with E-state index in [0.717, 1.165) is 81.5 Å². The van der Waals surface area contributed by atoms with Crippen molar-refractivity contribution in [1.29, 1.82) is 0 Å². The molecule has 0 spiro atoms. The molecule has 0 unspecified atom stereocenters. The summed E-state index contributed by atoms with van der Waals surface area (Å²) in [4.78, 5) is 42.7. The fourth-order valence-electron chi connectivity index (χ4n) is 4.28. The average molecular weight is 745 g/mol. The third kappa shape index (κ3) is 24.5. The second-order valence-corrected chi connectivity index (χ2v) is 11.3. The van der Waals surface area contributed by atoms with Crippen molar-refractivity contribution in [3.8, 4) is 35.3 Å². The van der Waals surface area contributed by atoms with Crippen LogP contribution in [0.1, 0.15) is 84.6 Å². The summed E-state index contributed by atoms with van der Waals surface area (Å²) in [5, 5.41) is 0. The molecule has 10 nitrogen and oxygen atoms in total. The summed E-state index contributed by atoms with van der Waals surface area (Å²) in [6, 6.07) is 19.3. The molecule has 10 heteroatoms. The first-order valence-electron chi connectivity index (χ1n) is 17.7. The second kappa shape index (κ2) is 33.2. The highest BCUT2D eigenvalue weighted by Gasteiger charge is 2.10. The van der Waals surface area contributed by atoms with Gasteiger partial charge < -0.3 is 28.4 Å². The van der Waals surface area contributed by atoms with Gasteiger partial charge in [-0.15, -0.1) is 12.3 Å². The molecule has 0 amide bonds. The number of hydrogen-bond donors (Lipinski definition) is 0. The van der Waals surface area contributed by atoms with Gasteiger partial charge in [0.1, 0.15) is 35.6 Å². The molecule has 3 aromatic carbocycles. The summed E-state index contributed by atoms with van der Waals surface area (Å²) in [7, 11) is 3.33. The van der Waals surface area contributed by atoms with Crippen LogP contribution in [0.2, 0.25) is 0 Å². The molecule has 0 bridgehead atoms. The van der Waals surface area contributed by atoms with E-state index in [1.54, 1.807) is 75.7 Å². The predicted octanol–water partition coefficient (Wildman–Crippen LogP) is 8.99. The Morgan fingerprint density at radius 2 is 1.20 bits per heavy atom. The van der Waals surface area contributed by atoms with Crippen LogP contribution in [0.15, 0.2) is 92.0 Å². The average Bonchev–Trinajstić information content (AvgIpc) is 3.19. The van der Waals surface area contributed by atoms with Gasteiger partial charge in [0.15, 0.2) is 0 Å². The van der Waals surface area contributed by atoms with Crippen molar-refractivity contribution in [2.45, 2.75) is 65.2 Å². The smallest absolute Gasteiger partial charge is 0.343 e. The van der Waals surface area contributed by atoms with Gasteiger partial charge in [-0.1, -0.05) is 19.6 Å². The maximum Gasteiger partial charge on any atom is 0.343 e. The fraction of sp³-hybridized carbons (Fsp3) is 0.364. The van der Waals surface area contributed by atoms with Crippen LogP contribution < -0.4 is 18.9 Å². The molecule has 0 fully saturated rings. The monoisotopic (exact) mass is 744 g/mol. The molecule has 3 rings (SSSR count). The van der Waals surface area contributed by atoms with E-state index < -0.39 is 5.97 Å². The Morgan fingerprint density at radius 1 is 0.722 bits per heavy atom. The number of hydrogen-bond acceptors (Lipinski definition) is 10. The Bertz CT molecular complexity index is 1520. The predicted molar refractivity (Wildman–Crippen MR) is 213 cm³/mol. The van der Waals surface area contributed by atoms with Crippen LogP contribution in [0, 0.1) is 19.3 Å². The van der Waals surface area contributed by atoms with Crippen molar-refractivity contribution in [2.24, 2.45) is 0 Å². The number of aldehydes is 2. The summed E-state index contributed by atoms with van der Waals surface area (Å²) in [6.07, 6.45) is 16.6. The highest BCUT2D eigenvalue weighted by Crippen LogP contribution is 2.24. The number of terminal acetylenes is 1. The van der Waals surface area contributed by atoms with Crippen LogP contribution in [0.5, 0.6) is 23.0 Å². The molecule has 292 valence electrons. The van der Waals surface area contributed by atoms with E-state index in [1.807, 2.05) is 19.1 Å². The van der Waals surface area contributed by atoms with Crippen LogP contribution in [0.4, 0.5) is 0 Å². The van der Waals surface area contributed by atoms with Crippen molar-refractivity contribution in [3.05, 3.63) is 109 Å². The molecule has 3 aromatic rings. The highest BCUT2D eigenvalue weighted by atomic mass is 16.5. The zero-order valence-corrected chi connectivity index (χ0v) is 32.2. The largest absolute Gasteiger partial charge is 0.496 e. The van der Waals surface area contributed by atoms with E-state index >= 15 is 0 Å². The van der Waals surface area contributed by atoms with Crippen molar-refractivity contribution in [3.63, 3.8) is 0 Å². The fourth-order valence-corrected chi connectivity index (χ4v) is 4.28. The summed E-state index contributed by atoms with van der Waals surface area (Å²) in [5.74, 6) is 4.18. The van der Waals surface area contributed by atoms with Gasteiger partial charge in [-0.3, -0.25) is 9.59 Å². The number of benzene rings is 3. The van der Waals surface area contributed by atoms with E-state index in [1.165, 1.54) is 18.6 Å². The molecule has 0 heterocycles. The van der Waals surface area contributed by atoms with E-state index in [0.29, 0.717) is 42.1 Å². The molecule has 0 saturated carbocycles. The number of aryl methyl sites for hydroxylation is 1. The van der Waals surface area contributed by atoms with Gasteiger partial charge in [-0.2, -0.15) is 0 Å². The summed E-state index contributed by atoms with van der Waals surface area (Å²) < 4.78 is 31.8. The van der Waals surface area contributed by atoms with Crippen molar-refractivity contribution < 1.29 is 47.6 Å². The topological polar surface area (TPSA) is 124 Å². The number of ether oxygens (including phenoxy) is 6. The molecule has 54 heavy (non-hydrogen) atoms. The maximum absolute atomic E-state index is 12.3. The molecular formula is C44H56O10. The third-order valence-corrected chi connectivity index (χ3v) is 7.01. The molecular weight excluding hydrogens is 688 g/mol. The lowest BCUT2D eigenvalue weighted by molar-refractivity contribution is -0.137. The van der Waals surface area contributed by atoms with Crippen LogP contribution in [0.25, 0.3) is 0 Å². The van der Waals surface area contributed by atoms with Gasteiger partial charge in [-0.05, 0) is 137 Å². The van der Waals surface area contributed by atoms with Crippen LogP contribution in [-0.2, 0) is 19.1 Å². The molecule has 0 aliphatic rings. The second-order valence-electron chi connectivity index (χ2n) is 11.3. The van der Waals surface area contributed by atoms with Crippen LogP contribution in [-0.4, -0.2) is 65.2 Å². The minimum Gasteiger partial charge on any atom is -0.496 e. The lowest BCUT2D eigenvalue weighted by Crippen LogP contribution is -2.08. The molecule has 0 saturated heterocycles. The number of carbonyl (C=O) groups is 4. The number of methoxy groups -OCH3 is 2. The van der Waals surface area contributed by atoms with Crippen molar-refractivity contribution in [1.82, 2.24) is 0 Å². The van der Waals surface area contributed by atoms with Gasteiger partial charge in [-0.25, -0.2) is 9.59 Å². The van der Waals surface area contributed by atoms with E-state index in [2.05, 4.69) is 25.5 Å². The molecule has 0 aromatic heterocycles. The van der Waals surface area contributed by atoms with Crippen LogP contribution in [0.3, 0.4) is 0 Å². The lowest BCUT2D eigenvalue weighted by atomic mass is 10.2. The van der Waals surface area contributed by atoms with Gasteiger partial charge in [0.05, 0.1) is 32.5 Å². The number of unbranched alkanes of at least 4 members (excludes halogenated alkanes) is 6. The van der Waals surface area contributed by atoms with E-state index in [4.69, 9.17) is 33.2 Å². The molecule has 0 aliphatic carbocycles. The Labute approximate surface area is 321 Å². The normalized spacial score (nSPS) is 9.39. The standard InChI is InChI=1S/C24H28O6.C14H20O3.C3H4O.C3H4/c1-4-23(25)29-16-8-6-5-7-15-28-20-11-9-19(10-12-20)24(26)30-21-13-14-22(27-3)18(2)17-21;1-16-10-4-2-3-5-11-17-14-8-6-13(12-15)7-9-14;1-2-3-4;1-3-2/h4,9-14,17H,1,5-8,15-16H2,2-3H3;6-9,12H,2-5,10-11H2,1H3;2-3H,1H2;1H,2H3. The van der Waals surface area contributed by atoms with Gasteiger partial charge in [0.25, 0.3) is 0 Å². The van der Waals surface area contributed by atoms with Crippen LogP contribution >= 0.6 is 0 Å². The molecule has 0 N–H and O–H groups in total. The van der Waals surface area contributed by atoms with E-state index in [-0.39, 0.29) is 5.97 Å². The van der Waals surface area contributed by atoms with Gasteiger partial charge in [0.2, 0.25) is 0 Å². The SMILES string of the molecule is C#CC.C=CC(=O)OCCCCCCOc1ccc(C(=O)Oc2ccc(OC)c(C)c2)cc1.C=CC=O.COCCCCCCOc1ccc(C=O)cc1. The van der Waals surface area contributed by atoms with Gasteiger partial charge in [0, 0.05) is 25.4 Å². The maximum atomic E-state index is 12.3. The first kappa shape index (κ1) is 48.3. The third-order valence-electron chi connectivity index (χ3n) is 7.01. The molecule has 0 radical (unpaired) electrons. The minimum atomic E-state index is -0.428. The zero-order valence-electron chi connectivity index (χ0n) is 32.2. The summed E-state index contributed by atoms with van der Waals surface area (Å²) >= 11 is 0. The lowest BCUT2D eigenvalue weighted by Gasteiger charge is -2.09. The molecule has 0 atom stereocenters. The minimum absolute atomic E-state index is 0.384. The van der Waals surface area contributed by atoms with E-state index in [9.17, 15) is 14.4 Å². The zero-order chi connectivity index (χ0) is 40.2. The number of esters is 2. The Kier molecular flexibility index (Phi) is 29.7. The summed E-state index contributed by atoms with van der Waals surface area (Å²) in [5.41, 5.74) is 2.02. The Morgan fingerprint density at radius 3 is 1.65 bits per heavy atom. The first-order valence-corrected chi connectivity index (χ1v) is 17.7. The quantitative estimate of drug-likeness (QED) is 0.0246. The highest BCUT2D eigenvalue weighted by molar-refractivity contribution is 5.91. The van der Waals surface area contributed by atoms with Crippen molar-refractivity contribution in [2.75, 3.05) is 40.6 Å². The summed E-state index contributed by atoms with van der Waals surface area (Å²) in [6.45, 7) is 12.6. The number of rotatable bonds is 22. The van der Waals surface area contributed by atoms with Gasteiger partial charge >= 0.3 is 11.9 Å². The number of carbonyl (C=O) groups excluding carboxylic acids is 4. The van der Waals surface area contributed by atoms with Crippen molar-refractivity contribution >= 4 is 24.5 Å². The Balaban J connectivity index is 0.000000981. The Hall–Kier alpha value is -5.66. The first-order chi connectivity index (χ1) is 26.2. The molecule has 0 aliphatic heterocycles.